The lowest BCUT2D eigenvalue weighted by molar-refractivity contribution is -0.130. The highest BCUT2D eigenvalue weighted by molar-refractivity contribution is 5.75. The molecule has 96 valence electrons. The van der Waals surface area contributed by atoms with Gasteiger partial charge < -0.3 is 10.6 Å². The van der Waals surface area contributed by atoms with E-state index in [4.69, 9.17) is 5.73 Å². The summed E-state index contributed by atoms with van der Waals surface area (Å²) < 4.78 is 0. The molecule has 0 aliphatic rings. The monoisotopic (exact) mass is 244 g/mol. The Morgan fingerprint density at radius 1 is 1.44 bits per heavy atom. The van der Waals surface area contributed by atoms with Gasteiger partial charge in [0, 0.05) is 25.6 Å². The standard InChI is InChI=1S/C15H20N2O/c1-3-6-15(18)17(2)12-14-8-4-7-13(11-14)9-5-10-16/h4,7-8,11H,3,6,10,12,16H2,1-2H3. The third kappa shape index (κ3) is 4.60. The molecular formula is C15H20N2O. The molecule has 0 atom stereocenters. The van der Waals surface area contributed by atoms with Crippen LogP contribution < -0.4 is 5.73 Å². The Labute approximate surface area is 109 Å². The predicted molar refractivity (Wildman–Crippen MR) is 73.8 cm³/mol. The molecule has 0 bridgehead atoms. The van der Waals surface area contributed by atoms with Crippen LogP contribution in [0.1, 0.15) is 30.9 Å². The van der Waals surface area contributed by atoms with Gasteiger partial charge >= 0.3 is 0 Å². The zero-order valence-electron chi connectivity index (χ0n) is 11.1. The summed E-state index contributed by atoms with van der Waals surface area (Å²) in [5, 5.41) is 0. The van der Waals surface area contributed by atoms with E-state index in [9.17, 15) is 4.79 Å². The Morgan fingerprint density at radius 3 is 2.89 bits per heavy atom. The molecule has 0 unspecified atom stereocenters. The van der Waals surface area contributed by atoms with E-state index >= 15 is 0 Å². The smallest absolute Gasteiger partial charge is 0.222 e. The summed E-state index contributed by atoms with van der Waals surface area (Å²) in [5.74, 6) is 6.00. The van der Waals surface area contributed by atoms with Crippen molar-refractivity contribution in [3.05, 3.63) is 35.4 Å². The van der Waals surface area contributed by atoms with Crippen LogP contribution in [0.3, 0.4) is 0 Å². The lowest BCUT2D eigenvalue weighted by Crippen LogP contribution is -2.25. The van der Waals surface area contributed by atoms with E-state index in [1.807, 2.05) is 38.2 Å². The first-order valence-corrected chi connectivity index (χ1v) is 6.19. The highest BCUT2D eigenvalue weighted by Crippen LogP contribution is 2.08. The zero-order valence-corrected chi connectivity index (χ0v) is 11.1. The van der Waals surface area contributed by atoms with Crippen LogP contribution in [0.25, 0.3) is 0 Å². The molecule has 3 nitrogen and oxygen atoms in total. The van der Waals surface area contributed by atoms with Gasteiger partial charge in [0.2, 0.25) is 5.91 Å². The normalized spacial score (nSPS) is 9.50. The van der Waals surface area contributed by atoms with Crippen molar-refractivity contribution in [2.75, 3.05) is 13.6 Å². The van der Waals surface area contributed by atoms with Gasteiger partial charge in [-0.2, -0.15) is 0 Å². The lowest BCUT2D eigenvalue weighted by Gasteiger charge is -2.17. The van der Waals surface area contributed by atoms with E-state index in [1.165, 1.54) is 0 Å². The van der Waals surface area contributed by atoms with Gasteiger partial charge in [-0.3, -0.25) is 4.79 Å². The first-order chi connectivity index (χ1) is 8.67. The van der Waals surface area contributed by atoms with Crippen molar-refractivity contribution in [2.24, 2.45) is 5.73 Å². The summed E-state index contributed by atoms with van der Waals surface area (Å²) in [4.78, 5) is 13.4. The fraction of sp³-hybridized carbons (Fsp3) is 0.400. The molecule has 0 aliphatic carbocycles. The van der Waals surface area contributed by atoms with Crippen LogP contribution in [0.2, 0.25) is 0 Å². The molecule has 2 N–H and O–H groups in total. The summed E-state index contributed by atoms with van der Waals surface area (Å²) in [6.45, 7) is 2.99. The number of nitrogens with zero attached hydrogens (tertiary/aromatic N) is 1. The van der Waals surface area contributed by atoms with E-state index in [2.05, 4.69) is 11.8 Å². The van der Waals surface area contributed by atoms with Gasteiger partial charge in [-0.1, -0.05) is 30.9 Å². The molecule has 0 saturated heterocycles. The van der Waals surface area contributed by atoms with Crippen LogP contribution in [0.5, 0.6) is 0 Å². The van der Waals surface area contributed by atoms with Gasteiger partial charge in [0.05, 0.1) is 6.54 Å². The van der Waals surface area contributed by atoms with Crippen molar-refractivity contribution in [1.82, 2.24) is 4.90 Å². The second kappa shape index (κ2) is 7.52. The first kappa shape index (κ1) is 14.3. The minimum Gasteiger partial charge on any atom is -0.341 e. The molecule has 3 heteroatoms. The molecule has 0 saturated carbocycles. The van der Waals surface area contributed by atoms with Gasteiger partial charge in [-0.25, -0.2) is 0 Å². The van der Waals surface area contributed by atoms with E-state index < -0.39 is 0 Å². The molecular weight excluding hydrogens is 224 g/mol. The van der Waals surface area contributed by atoms with Gasteiger partial charge in [0.15, 0.2) is 0 Å². The largest absolute Gasteiger partial charge is 0.341 e. The van der Waals surface area contributed by atoms with Crippen molar-refractivity contribution in [1.29, 1.82) is 0 Å². The Morgan fingerprint density at radius 2 is 2.22 bits per heavy atom. The highest BCUT2D eigenvalue weighted by atomic mass is 16.2. The van der Waals surface area contributed by atoms with Crippen LogP contribution in [-0.2, 0) is 11.3 Å². The van der Waals surface area contributed by atoms with E-state index in [0.29, 0.717) is 19.5 Å². The Bertz CT molecular complexity index is 457. The molecule has 0 spiro atoms. The van der Waals surface area contributed by atoms with E-state index in [1.54, 1.807) is 4.90 Å². The second-order valence-electron chi connectivity index (χ2n) is 4.21. The fourth-order valence-corrected chi connectivity index (χ4v) is 1.67. The molecule has 0 fully saturated rings. The second-order valence-corrected chi connectivity index (χ2v) is 4.21. The number of benzene rings is 1. The SMILES string of the molecule is CCCC(=O)N(C)Cc1cccc(C#CCN)c1. The lowest BCUT2D eigenvalue weighted by atomic mass is 10.1. The first-order valence-electron chi connectivity index (χ1n) is 6.19. The summed E-state index contributed by atoms with van der Waals surface area (Å²) in [7, 11) is 1.83. The molecule has 0 radical (unpaired) electrons. The van der Waals surface area contributed by atoms with Crippen LogP contribution in [0.15, 0.2) is 24.3 Å². The van der Waals surface area contributed by atoms with Gasteiger partial charge in [0.25, 0.3) is 0 Å². The van der Waals surface area contributed by atoms with Crippen LogP contribution in [0.4, 0.5) is 0 Å². The minimum atomic E-state index is 0.177. The minimum absolute atomic E-state index is 0.177. The third-order valence-corrected chi connectivity index (χ3v) is 2.57. The molecule has 0 aromatic heterocycles. The summed E-state index contributed by atoms with van der Waals surface area (Å²) in [6, 6.07) is 7.90. The van der Waals surface area contributed by atoms with Crippen LogP contribution in [-0.4, -0.2) is 24.4 Å². The number of amides is 1. The van der Waals surface area contributed by atoms with Crippen molar-refractivity contribution in [3.8, 4) is 11.8 Å². The number of hydrogen-bond donors (Lipinski definition) is 1. The van der Waals surface area contributed by atoms with E-state index in [-0.39, 0.29) is 5.91 Å². The molecule has 1 aromatic carbocycles. The molecule has 1 amide bonds. The fourth-order valence-electron chi connectivity index (χ4n) is 1.67. The Hall–Kier alpha value is -1.79. The topological polar surface area (TPSA) is 46.3 Å². The van der Waals surface area contributed by atoms with E-state index in [0.717, 1.165) is 17.5 Å². The zero-order chi connectivity index (χ0) is 13.4. The van der Waals surface area contributed by atoms with Crippen LogP contribution >= 0.6 is 0 Å². The van der Waals surface area contributed by atoms with Crippen molar-refractivity contribution < 1.29 is 4.79 Å². The molecule has 0 heterocycles. The maximum absolute atomic E-state index is 11.7. The van der Waals surface area contributed by atoms with Crippen molar-refractivity contribution >= 4 is 5.91 Å². The maximum atomic E-state index is 11.7. The molecule has 1 aromatic rings. The quantitative estimate of drug-likeness (QED) is 0.820. The average molecular weight is 244 g/mol. The third-order valence-electron chi connectivity index (χ3n) is 2.57. The Balaban J connectivity index is 2.70. The van der Waals surface area contributed by atoms with Crippen molar-refractivity contribution in [3.63, 3.8) is 0 Å². The number of nitrogens with two attached hydrogens (primary N) is 1. The molecule has 0 aliphatic heterocycles. The van der Waals surface area contributed by atoms with Crippen molar-refractivity contribution in [2.45, 2.75) is 26.3 Å². The number of hydrogen-bond acceptors (Lipinski definition) is 2. The molecule has 18 heavy (non-hydrogen) atoms. The number of rotatable bonds is 4. The highest BCUT2D eigenvalue weighted by Gasteiger charge is 2.07. The summed E-state index contributed by atoms with van der Waals surface area (Å²) in [6.07, 6.45) is 1.48. The maximum Gasteiger partial charge on any atom is 0.222 e. The molecule has 1 rings (SSSR count). The summed E-state index contributed by atoms with van der Waals surface area (Å²) >= 11 is 0. The number of carbonyl (C=O) groups is 1. The number of carbonyl (C=O) groups excluding carboxylic acids is 1. The average Bonchev–Trinajstić information content (AvgIpc) is 2.37. The van der Waals surface area contributed by atoms with Gasteiger partial charge in [0.1, 0.15) is 0 Å². The van der Waals surface area contributed by atoms with Gasteiger partial charge in [-0.15, -0.1) is 0 Å². The summed E-state index contributed by atoms with van der Waals surface area (Å²) in [5.41, 5.74) is 7.37. The van der Waals surface area contributed by atoms with Crippen LogP contribution in [0, 0.1) is 11.8 Å². The van der Waals surface area contributed by atoms with Gasteiger partial charge in [-0.05, 0) is 24.1 Å². The predicted octanol–water partition coefficient (Wildman–Crippen LogP) is 1.76. The Kier molecular flexibility index (Phi) is 5.96.